The molecule has 0 saturated carbocycles. The van der Waals surface area contributed by atoms with Crippen LogP contribution >= 0.6 is 23.2 Å². The molecule has 1 heterocycles. The minimum absolute atomic E-state index is 0.114. The SMILES string of the molecule is N#CC1=C(N)N(c2ccc(Cl)cc2Cl)C(c2ccccc2)=NC1(C(F)(F)F)C(F)(F)F. The highest BCUT2D eigenvalue weighted by molar-refractivity contribution is 6.37. The number of benzene rings is 2. The zero-order chi connectivity index (χ0) is 23.2. The van der Waals surface area contributed by atoms with Crippen LogP contribution in [0.1, 0.15) is 5.56 Å². The Balaban J connectivity index is 2.46. The molecule has 0 amide bonds. The van der Waals surface area contributed by atoms with Crippen molar-refractivity contribution in [3.05, 3.63) is 75.5 Å². The van der Waals surface area contributed by atoms with Gasteiger partial charge in [-0.3, -0.25) is 4.90 Å². The number of alkyl halides is 6. The van der Waals surface area contributed by atoms with E-state index in [1.807, 2.05) is 0 Å². The third-order valence-electron chi connectivity index (χ3n) is 4.46. The molecule has 31 heavy (non-hydrogen) atoms. The van der Waals surface area contributed by atoms with E-state index in [0.29, 0.717) is 0 Å². The van der Waals surface area contributed by atoms with Crippen LogP contribution in [0.5, 0.6) is 0 Å². The van der Waals surface area contributed by atoms with Crippen LogP contribution in [0, 0.1) is 11.3 Å². The third-order valence-corrected chi connectivity index (χ3v) is 5.00. The fraction of sp³-hybridized carbons (Fsp3) is 0.158. The Bertz CT molecular complexity index is 1100. The summed E-state index contributed by atoms with van der Waals surface area (Å²) in [7, 11) is 0. The summed E-state index contributed by atoms with van der Waals surface area (Å²) >= 11 is 12.0. The van der Waals surface area contributed by atoms with Crippen molar-refractivity contribution in [3.8, 4) is 6.07 Å². The lowest BCUT2D eigenvalue weighted by atomic mass is 9.86. The molecular formula is C19H10Cl2F6N4. The smallest absolute Gasteiger partial charge is 0.384 e. The average Bonchev–Trinajstić information content (AvgIpc) is 2.67. The van der Waals surface area contributed by atoms with Crippen molar-refractivity contribution in [3.63, 3.8) is 0 Å². The number of nitrogens with zero attached hydrogens (tertiary/aromatic N) is 3. The number of rotatable bonds is 2. The van der Waals surface area contributed by atoms with Gasteiger partial charge in [-0.05, 0) is 18.2 Å². The lowest BCUT2D eigenvalue weighted by Gasteiger charge is -2.41. The van der Waals surface area contributed by atoms with Crippen molar-refractivity contribution in [2.24, 2.45) is 10.7 Å². The summed E-state index contributed by atoms with van der Waals surface area (Å²) in [6.07, 6.45) is -12.0. The normalized spacial score (nSPS) is 16.7. The number of hydrogen-bond donors (Lipinski definition) is 1. The molecule has 0 fully saturated rings. The second-order valence-corrected chi connectivity index (χ2v) is 7.15. The number of halogens is 8. The summed E-state index contributed by atoms with van der Waals surface area (Å²) in [6.45, 7) is 0. The molecule has 0 radical (unpaired) electrons. The fourth-order valence-electron chi connectivity index (χ4n) is 3.07. The predicted octanol–water partition coefficient (Wildman–Crippen LogP) is 5.82. The minimum atomic E-state index is -6.02. The molecule has 2 aromatic rings. The van der Waals surface area contributed by atoms with E-state index in [-0.39, 0.29) is 21.3 Å². The summed E-state index contributed by atoms with van der Waals surface area (Å²) in [5, 5.41) is 9.34. The van der Waals surface area contributed by atoms with Gasteiger partial charge in [0.2, 0.25) is 0 Å². The van der Waals surface area contributed by atoms with Crippen LogP contribution in [0.15, 0.2) is 64.9 Å². The van der Waals surface area contributed by atoms with Crippen LogP contribution in [-0.4, -0.2) is 23.7 Å². The van der Waals surface area contributed by atoms with Gasteiger partial charge in [0, 0.05) is 10.6 Å². The van der Waals surface area contributed by atoms with E-state index in [2.05, 4.69) is 4.99 Å². The molecular weight excluding hydrogens is 469 g/mol. The Morgan fingerprint density at radius 1 is 0.968 bits per heavy atom. The van der Waals surface area contributed by atoms with E-state index >= 15 is 0 Å². The zero-order valence-electron chi connectivity index (χ0n) is 15.1. The third kappa shape index (κ3) is 3.58. The monoisotopic (exact) mass is 478 g/mol. The van der Waals surface area contributed by atoms with Gasteiger partial charge in [0.25, 0.3) is 5.54 Å². The summed E-state index contributed by atoms with van der Waals surface area (Å²) in [6, 6.07) is 11.5. The summed E-state index contributed by atoms with van der Waals surface area (Å²) in [5.41, 5.74) is -1.14. The number of hydrogen-bond acceptors (Lipinski definition) is 4. The molecule has 0 unspecified atom stereocenters. The predicted molar refractivity (Wildman–Crippen MR) is 104 cm³/mol. The van der Waals surface area contributed by atoms with E-state index in [1.165, 1.54) is 48.5 Å². The van der Waals surface area contributed by atoms with Crippen LogP contribution < -0.4 is 10.6 Å². The fourth-order valence-corrected chi connectivity index (χ4v) is 3.57. The molecule has 4 nitrogen and oxygen atoms in total. The number of amidine groups is 1. The van der Waals surface area contributed by atoms with E-state index in [4.69, 9.17) is 28.9 Å². The first-order valence-corrected chi connectivity index (χ1v) is 9.05. The Labute approximate surface area is 181 Å². The molecule has 1 aliphatic rings. The van der Waals surface area contributed by atoms with Gasteiger partial charge in [-0.2, -0.15) is 31.6 Å². The lowest BCUT2D eigenvalue weighted by Crippen LogP contribution is -2.61. The van der Waals surface area contributed by atoms with Crippen LogP contribution in [0.25, 0.3) is 0 Å². The first kappa shape index (κ1) is 22.8. The maximum atomic E-state index is 13.9. The number of nitrogens with two attached hydrogens (primary N) is 1. The Kier molecular flexibility index (Phi) is 5.63. The van der Waals surface area contributed by atoms with Crippen molar-refractivity contribution in [2.75, 3.05) is 4.90 Å². The van der Waals surface area contributed by atoms with Gasteiger partial charge in [0.05, 0.1) is 10.7 Å². The van der Waals surface area contributed by atoms with Crippen LogP contribution in [0.2, 0.25) is 10.0 Å². The summed E-state index contributed by atoms with van der Waals surface area (Å²) in [5.74, 6) is -1.91. The quantitative estimate of drug-likeness (QED) is 0.553. The van der Waals surface area contributed by atoms with Crippen molar-refractivity contribution >= 4 is 34.7 Å². The van der Waals surface area contributed by atoms with Gasteiger partial charge in [0.1, 0.15) is 23.3 Å². The first-order chi connectivity index (χ1) is 14.3. The highest BCUT2D eigenvalue weighted by Crippen LogP contribution is 2.53. The molecule has 1 aliphatic heterocycles. The highest BCUT2D eigenvalue weighted by Gasteiger charge is 2.76. The second kappa shape index (κ2) is 7.66. The number of nitriles is 1. The molecule has 2 aromatic carbocycles. The molecule has 0 aromatic heterocycles. The van der Waals surface area contributed by atoms with Crippen LogP contribution in [0.3, 0.4) is 0 Å². The molecule has 3 rings (SSSR count). The van der Waals surface area contributed by atoms with Crippen molar-refractivity contribution in [1.29, 1.82) is 5.26 Å². The van der Waals surface area contributed by atoms with Crippen molar-refractivity contribution in [2.45, 2.75) is 17.9 Å². The van der Waals surface area contributed by atoms with E-state index < -0.39 is 35.1 Å². The largest absolute Gasteiger partial charge is 0.427 e. The first-order valence-electron chi connectivity index (χ1n) is 8.29. The van der Waals surface area contributed by atoms with Crippen molar-refractivity contribution in [1.82, 2.24) is 0 Å². The van der Waals surface area contributed by atoms with Gasteiger partial charge >= 0.3 is 12.4 Å². The van der Waals surface area contributed by atoms with Gasteiger partial charge in [-0.1, -0.05) is 53.5 Å². The van der Waals surface area contributed by atoms with Crippen molar-refractivity contribution < 1.29 is 26.3 Å². The maximum absolute atomic E-state index is 13.9. The molecule has 0 aliphatic carbocycles. The van der Waals surface area contributed by atoms with Crippen LogP contribution in [0.4, 0.5) is 32.0 Å². The lowest BCUT2D eigenvalue weighted by molar-refractivity contribution is -0.281. The summed E-state index contributed by atoms with van der Waals surface area (Å²) < 4.78 is 83.5. The zero-order valence-corrected chi connectivity index (χ0v) is 16.6. The second-order valence-electron chi connectivity index (χ2n) is 6.31. The molecule has 12 heteroatoms. The van der Waals surface area contributed by atoms with E-state index in [1.54, 1.807) is 0 Å². The topological polar surface area (TPSA) is 65.4 Å². The molecule has 2 N–H and O–H groups in total. The Hall–Kier alpha value is -2.90. The molecule has 0 saturated heterocycles. The molecule has 162 valence electrons. The standard InChI is InChI=1S/C19H10Cl2F6N4/c20-11-6-7-14(13(21)8-11)31-15(29)12(9-28)17(18(22,23)24,19(25,26)27)30-16(31)10-4-2-1-3-5-10/h1-8H,29H2. The molecule has 0 bridgehead atoms. The van der Waals surface area contributed by atoms with E-state index in [9.17, 15) is 31.6 Å². The summed E-state index contributed by atoms with van der Waals surface area (Å²) in [4.78, 5) is 3.86. The van der Waals surface area contributed by atoms with Gasteiger partial charge in [-0.25, -0.2) is 4.99 Å². The molecule has 0 atom stereocenters. The number of anilines is 1. The van der Waals surface area contributed by atoms with Gasteiger partial charge in [-0.15, -0.1) is 0 Å². The van der Waals surface area contributed by atoms with Crippen LogP contribution in [-0.2, 0) is 0 Å². The minimum Gasteiger partial charge on any atom is -0.384 e. The van der Waals surface area contributed by atoms with Gasteiger partial charge < -0.3 is 5.73 Å². The number of aliphatic imine (C=N–C) groups is 1. The van der Waals surface area contributed by atoms with E-state index in [0.717, 1.165) is 11.0 Å². The van der Waals surface area contributed by atoms with Gasteiger partial charge in [0.15, 0.2) is 0 Å². The Morgan fingerprint density at radius 3 is 2.03 bits per heavy atom. The molecule has 0 spiro atoms. The highest BCUT2D eigenvalue weighted by atomic mass is 35.5. The maximum Gasteiger partial charge on any atom is 0.427 e. The Morgan fingerprint density at radius 2 is 1.55 bits per heavy atom. The average molecular weight is 479 g/mol.